The first-order chi connectivity index (χ1) is 13.7. The van der Waals surface area contributed by atoms with Gasteiger partial charge < -0.3 is 10.2 Å². The van der Waals surface area contributed by atoms with Gasteiger partial charge in [0, 0.05) is 23.8 Å². The number of nitrogens with zero attached hydrogens (tertiary/aromatic N) is 3. The normalized spacial score (nSPS) is 16.8. The Labute approximate surface area is 165 Å². The molecule has 2 N–H and O–H groups in total. The van der Waals surface area contributed by atoms with Gasteiger partial charge in [-0.1, -0.05) is 42.5 Å². The molecule has 28 heavy (non-hydrogen) atoms. The van der Waals surface area contributed by atoms with Crippen LogP contribution in [0.3, 0.4) is 0 Å². The molecule has 4 rings (SSSR count). The van der Waals surface area contributed by atoms with Crippen molar-refractivity contribution in [3.8, 4) is 11.4 Å². The van der Waals surface area contributed by atoms with Crippen LogP contribution in [0.1, 0.15) is 30.7 Å². The van der Waals surface area contributed by atoms with Crippen LogP contribution in [0.25, 0.3) is 11.4 Å². The smallest absolute Gasteiger partial charge is 0.321 e. The van der Waals surface area contributed by atoms with Crippen molar-refractivity contribution in [3.05, 3.63) is 66.0 Å². The second kappa shape index (κ2) is 8.25. The topological polar surface area (TPSA) is 73.9 Å². The number of likely N-dealkylation sites (tertiary alicyclic amines) is 1. The Bertz CT molecular complexity index is 937. The van der Waals surface area contributed by atoms with Crippen LogP contribution in [0.5, 0.6) is 0 Å². The quantitative estimate of drug-likeness (QED) is 0.709. The molecular weight excluding hydrogens is 350 g/mol. The van der Waals surface area contributed by atoms with Gasteiger partial charge in [-0.05, 0) is 50.3 Å². The van der Waals surface area contributed by atoms with E-state index in [0.717, 1.165) is 42.9 Å². The Hall–Kier alpha value is -3.15. The van der Waals surface area contributed by atoms with Crippen molar-refractivity contribution in [3.63, 3.8) is 0 Å². The van der Waals surface area contributed by atoms with Gasteiger partial charge in [-0.15, -0.1) is 0 Å². The fraction of sp³-hybridized carbons (Fsp3) is 0.318. The van der Waals surface area contributed by atoms with E-state index in [9.17, 15) is 4.79 Å². The summed E-state index contributed by atoms with van der Waals surface area (Å²) in [6.07, 6.45) is 4.15. The molecule has 1 fully saturated rings. The maximum atomic E-state index is 13.0. The molecule has 1 saturated heterocycles. The van der Waals surface area contributed by atoms with Crippen molar-refractivity contribution in [2.45, 2.75) is 38.6 Å². The minimum absolute atomic E-state index is 0.0380. The van der Waals surface area contributed by atoms with Crippen LogP contribution in [0.4, 0.5) is 10.5 Å². The number of nitrogens with one attached hydrogen (secondary N) is 2. The van der Waals surface area contributed by atoms with Gasteiger partial charge >= 0.3 is 6.03 Å². The van der Waals surface area contributed by atoms with Crippen LogP contribution in [-0.4, -0.2) is 38.7 Å². The minimum Gasteiger partial charge on any atom is -0.321 e. The van der Waals surface area contributed by atoms with Crippen molar-refractivity contribution in [1.82, 2.24) is 20.1 Å². The van der Waals surface area contributed by atoms with Crippen LogP contribution in [0, 0.1) is 6.92 Å². The first-order valence-electron chi connectivity index (χ1n) is 9.80. The highest BCUT2D eigenvalue weighted by molar-refractivity contribution is 5.90. The zero-order chi connectivity index (χ0) is 19.3. The molecule has 1 unspecified atom stereocenters. The third kappa shape index (κ3) is 4.22. The van der Waals surface area contributed by atoms with Crippen molar-refractivity contribution < 1.29 is 4.79 Å². The summed E-state index contributed by atoms with van der Waals surface area (Å²) < 4.78 is 0. The molecule has 144 valence electrons. The van der Waals surface area contributed by atoms with E-state index in [1.54, 1.807) is 0 Å². The number of aryl methyl sites for hydroxylation is 1. The maximum absolute atomic E-state index is 13.0. The molecular formula is C22H25N5O. The van der Waals surface area contributed by atoms with Crippen LogP contribution < -0.4 is 5.32 Å². The first-order valence-corrected chi connectivity index (χ1v) is 9.80. The van der Waals surface area contributed by atoms with E-state index in [0.29, 0.717) is 5.82 Å². The highest BCUT2D eigenvalue weighted by Crippen LogP contribution is 2.23. The molecule has 0 radical (unpaired) electrons. The number of piperidine rings is 1. The molecule has 2 amide bonds. The monoisotopic (exact) mass is 375 g/mol. The Morgan fingerprint density at radius 2 is 2.04 bits per heavy atom. The molecule has 3 aromatic rings. The standard InChI is InChI=1S/C22H25N5O/c1-16-23-21(26-25-16)18-10-7-11-19(15-18)24-22(28)27-13-6-5-12-20(27)14-17-8-3-2-4-9-17/h2-4,7-11,15,20H,5-6,12-14H2,1H3,(H,24,28)(H,23,25,26). The summed E-state index contributed by atoms with van der Waals surface area (Å²) in [5, 5.41) is 10.1. The highest BCUT2D eigenvalue weighted by Gasteiger charge is 2.27. The SMILES string of the molecule is Cc1nc(-c2cccc(NC(=O)N3CCCCC3Cc3ccccc3)c2)n[nH]1. The molecule has 0 spiro atoms. The number of anilines is 1. The number of hydrogen-bond acceptors (Lipinski definition) is 3. The number of aromatic nitrogens is 3. The van der Waals surface area contributed by atoms with E-state index < -0.39 is 0 Å². The van der Waals surface area contributed by atoms with Gasteiger partial charge in [0.2, 0.25) is 0 Å². The maximum Gasteiger partial charge on any atom is 0.322 e. The van der Waals surface area contributed by atoms with E-state index in [-0.39, 0.29) is 12.1 Å². The number of amides is 2. The van der Waals surface area contributed by atoms with Gasteiger partial charge in [-0.25, -0.2) is 9.78 Å². The largest absolute Gasteiger partial charge is 0.322 e. The number of rotatable bonds is 4. The molecule has 1 atom stereocenters. The Balaban J connectivity index is 1.47. The van der Waals surface area contributed by atoms with Gasteiger partial charge in [0.05, 0.1) is 0 Å². The third-order valence-electron chi connectivity index (χ3n) is 5.17. The third-order valence-corrected chi connectivity index (χ3v) is 5.17. The summed E-state index contributed by atoms with van der Waals surface area (Å²) >= 11 is 0. The fourth-order valence-corrected chi connectivity index (χ4v) is 3.77. The number of hydrogen-bond donors (Lipinski definition) is 2. The van der Waals surface area contributed by atoms with Crippen molar-refractivity contribution in [1.29, 1.82) is 0 Å². The lowest BCUT2D eigenvalue weighted by Crippen LogP contribution is -2.46. The van der Waals surface area contributed by atoms with Crippen molar-refractivity contribution in [2.75, 3.05) is 11.9 Å². The van der Waals surface area contributed by atoms with Crippen LogP contribution in [-0.2, 0) is 6.42 Å². The van der Waals surface area contributed by atoms with Gasteiger partial charge in [-0.3, -0.25) is 5.10 Å². The fourth-order valence-electron chi connectivity index (χ4n) is 3.77. The first kappa shape index (κ1) is 18.2. The molecule has 6 heteroatoms. The van der Waals surface area contributed by atoms with E-state index in [2.05, 4.69) is 44.8 Å². The van der Waals surface area contributed by atoms with Crippen LogP contribution in [0.15, 0.2) is 54.6 Å². The predicted octanol–water partition coefficient (Wildman–Crippen LogP) is 4.41. The van der Waals surface area contributed by atoms with E-state index in [1.807, 2.05) is 42.2 Å². The van der Waals surface area contributed by atoms with Crippen molar-refractivity contribution in [2.24, 2.45) is 0 Å². The number of urea groups is 1. The van der Waals surface area contributed by atoms with Crippen LogP contribution in [0.2, 0.25) is 0 Å². The van der Waals surface area contributed by atoms with Gasteiger partial charge in [0.15, 0.2) is 5.82 Å². The average molecular weight is 375 g/mol. The lowest BCUT2D eigenvalue weighted by molar-refractivity contribution is 0.162. The summed E-state index contributed by atoms with van der Waals surface area (Å²) in [7, 11) is 0. The lowest BCUT2D eigenvalue weighted by atomic mass is 9.96. The summed E-state index contributed by atoms with van der Waals surface area (Å²) in [5.74, 6) is 1.40. The summed E-state index contributed by atoms with van der Waals surface area (Å²) in [6, 6.07) is 18.3. The summed E-state index contributed by atoms with van der Waals surface area (Å²) in [4.78, 5) is 19.3. The molecule has 1 aliphatic heterocycles. The van der Waals surface area contributed by atoms with E-state index in [1.165, 1.54) is 12.0 Å². The molecule has 2 aromatic carbocycles. The average Bonchev–Trinajstić information content (AvgIpc) is 3.16. The van der Waals surface area contributed by atoms with E-state index >= 15 is 0 Å². The van der Waals surface area contributed by atoms with Gasteiger partial charge in [0.25, 0.3) is 0 Å². The molecule has 1 aliphatic rings. The Morgan fingerprint density at radius 3 is 2.82 bits per heavy atom. The number of carbonyl (C=O) groups excluding carboxylic acids is 1. The second-order valence-corrected chi connectivity index (χ2v) is 7.29. The summed E-state index contributed by atoms with van der Waals surface area (Å²) in [5.41, 5.74) is 2.91. The number of H-pyrrole nitrogens is 1. The zero-order valence-electron chi connectivity index (χ0n) is 16.1. The molecule has 1 aromatic heterocycles. The summed E-state index contributed by atoms with van der Waals surface area (Å²) in [6.45, 7) is 2.66. The Kier molecular flexibility index (Phi) is 5.37. The molecule has 0 saturated carbocycles. The molecule has 2 heterocycles. The minimum atomic E-state index is -0.0380. The Morgan fingerprint density at radius 1 is 1.18 bits per heavy atom. The number of aromatic amines is 1. The lowest BCUT2D eigenvalue weighted by Gasteiger charge is -2.36. The highest BCUT2D eigenvalue weighted by atomic mass is 16.2. The molecule has 0 bridgehead atoms. The zero-order valence-corrected chi connectivity index (χ0v) is 16.1. The van der Waals surface area contributed by atoms with Crippen LogP contribution >= 0.6 is 0 Å². The molecule has 0 aliphatic carbocycles. The predicted molar refractivity (Wildman–Crippen MR) is 110 cm³/mol. The number of carbonyl (C=O) groups is 1. The van der Waals surface area contributed by atoms with Gasteiger partial charge in [-0.2, -0.15) is 5.10 Å². The van der Waals surface area contributed by atoms with E-state index in [4.69, 9.17) is 0 Å². The molecule has 6 nitrogen and oxygen atoms in total. The van der Waals surface area contributed by atoms with Crippen molar-refractivity contribution >= 4 is 11.7 Å². The van der Waals surface area contributed by atoms with Gasteiger partial charge in [0.1, 0.15) is 5.82 Å². The second-order valence-electron chi connectivity index (χ2n) is 7.29. The number of benzene rings is 2.